The molecule has 0 unspecified atom stereocenters. The first-order valence-corrected chi connectivity index (χ1v) is 5.38. The Morgan fingerprint density at radius 2 is 1.33 bits per heavy atom. The Morgan fingerprint density at radius 3 is 2.11 bits per heavy atom. The summed E-state index contributed by atoms with van der Waals surface area (Å²) in [6.45, 7) is 0. The summed E-state index contributed by atoms with van der Waals surface area (Å²) in [4.78, 5) is 0. The standard InChI is InChI=1S/C14H10O4/c15-9-4-5-11(17)13-8(9)6-7-2-1-3-10(16)12(7)14(13)18/h1-6,15-18H. The molecule has 4 N–H and O–H groups in total. The molecule has 3 rings (SSSR count). The maximum atomic E-state index is 10.2. The van der Waals surface area contributed by atoms with Gasteiger partial charge in [-0.2, -0.15) is 0 Å². The van der Waals surface area contributed by atoms with Crippen molar-refractivity contribution < 1.29 is 20.4 Å². The fourth-order valence-corrected chi connectivity index (χ4v) is 2.21. The lowest BCUT2D eigenvalue weighted by atomic mass is 10.00. The quantitative estimate of drug-likeness (QED) is 0.361. The van der Waals surface area contributed by atoms with Crippen molar-refractivity contribution in [3.8, 4) is 23.0 Å². The van der Waals surface area contributed by atoms with Gasteiger partial charge >= 0.3 is 0 Å². The summed E-state index contributed by atoms with van der Waals surface area (Å²) in [6, 6.07) is 9.06. The minimum Gasteiger partial charge on any atom is -0.507 e. The lowest BCUT2D eigenvalue weighted by Crippen LogP contribution is -1.81. The minimum atomic E-state index is -0.242. The number of phenols is 4. The van der Waals surface area contributed by atoms with Crippen LogP contribution in [-0.2, 0) is 0 Å². The second-order valence-electron chi connectivity index (χ2n) is 4.13. The molecule has 90 valence electrons. The van der Waals surface area contributed by atoms with Crippen molar-refractivity contribution in [3.05, 3.63) is 36.4 Å². The van der Waals surface area contributed by atoms with E-state index >= 15 is 0 Å². The number of hydrogen-bond acceptors (Lipinski definition) is 4. The van der Waals surface area contributed by atoms with Crippen LogP contribution in [0.25, 0.3) is 21.5 Å². The molecule has 0 amide bonds. The highest BCUT2D eigenvalue weighted by atomic mass is 16.3. The second-order valence-corrected chi connectivity index (χ2v) is 4.13. The Balaban J connectivity index is 2.66. The largest absolute Gasteiger partial charge is 0.507 e. The van der Waals surface area contributed by atoms with Crippen molar-refractivity contribution in [1.29, 1.82) is 0 Å². The van der Waals surface area contributed by atoms with E-state index in [4.69, 9.17) is 0 Å². The van der Waals surface area contributed by atoms with Gasteiger partial charge in [-0.1, -0.05) is 12.1 Å². The molecular weight excluding hydrogens is 232 g/mol. The minimum absolute atomic E-state index is 0.0386. The SMILES string of the molecule is Oc1ccc(O)c2c(O)c3c(O)cccc3cc12. The van der Waals surface area contributed by atoms with Crippen molar-refractivity contribution in [2.45, 2.75) is 0 Å². The van der Waals surface area contributed by atoms with Gasteiger partial charge in [0.1, 0.15) is 23.0 Å². The van der Waals surface area contributed by atoms with Gasteiger partial charge in [0.05, 0.1) is 10.8 Å². The number of rotatable bonds is 0. The van der Waals surface area contributed by atoms with E-state index in [1.807, 2.05) is 0 Å². The topological polar surface area (TPSA) is 80.9 Å². The van der Waals surface area contributed by atoms with E-state index in [1.165, 1.54) is 18.2 Å². The maximum absolute atomic E-state index is 10.2. The van der Waals surface area contributed by atoms with Gasteiger partial charge in [0.15, 0.2) is 0 Å². The Hall–Kier alpha value is -2.62. The zero-order chi connectivity index (χ0) is 12.9. The smallest absolute Gasteiger partial charge is 0.138 e. The lowest BCUT2D eigenvalue weighted by molar-refractivity contribution is 0.455. The Bertz CT molecular complexity index is 778. The van der Waals surface area contributed by atoms with Crippen LogP contribution in [0.2, 0.25) is 0 Å². The Labute approximate surface area is 102 Å². The monoisotopic (exact) mass is 242 g/mol. The van der Waals surface area contributed by atoms with Crippen LogP contribution in [0.4, 0.5) is 0 Å². The molecule has 3 aromatic carbocycles. The van der Waals surface area contributed by atoms with Gasteiger partial charge in [-0.15, -0.1) is 0 Å². The fourth-order valence-electron chi connectivity index (χ4n) is 2.21. The van der Waals surface area contributed by atoms with Gasteiger partial charge < -0.3 is 20.4 Å². The van der Waals surface area contributed by atoms with E-state index in [0.717, 1.165) is 0 Å². The van der Waals surface area contributed by atoms with Crippen LogP contribution in [0, 0.1) is 0 Å². The molecule has 0 heterocycles. The average molecular weight is 242 g/mol. The van der Waals surface area contributed by atoms with E-state index in [1.54, 1.807) is 18.2 Å². The van der Waals surface area contributed by atoms with Crippen LogP contribution < -0.4 is 0 Å². The van der Waals surface area contributed by atoms with Crippen LogP contribution >= 0.6 is 0 Å². The number of hydrogen-bond donors (Lipinski definition) is 4. The molecule has 0 radical (unpaired) electrons. The van der Waals surface area contributed by atoms with Gasteiger partial charge in [-0.25, -0.2) is 0 Å². The van der Waals surface area contributed by atoms with Crippen LogP contribution in [0.3, 0.4) is 0 Å². The summed E-state index contributed by atoms with van der Waals surface area (Å²) in [6.07, 6.45) is 0. The van der Waals surface area contributed by atoms with Crippen LogP contribution in [0.5, 0.6) is 23.0 Å². The summed E-state index contributed by atoms with van der Waals surface area (Å²) >= 11 is 0. The summed E-state index contributed by atoms with van der Waals surface area (Å²) < 4.78 is 0. The van der Waals surface area contributed by atoms with Crippen molar-refractivity contribution in [2.24, 2.45) is 0 Å². The van der Waals surface area contributed by atoms with E-state index in [-0.39, 0.29) is 33.8 Å². The molecule has 0 aliphatic rings. The van der Waals surface area contributed by atoms with Crippen LogP contribution in [0.15, 0.2) is 36.4 Å². The van der Waals surface area contributed by atoms with Gasteiger partial charge in [0.2, 0.25) is 0 Å². The first kappa shape index (κ1) is 10.5. The van der Waals surface area contributed by atoms with Crippen molar-refractivity contribution >= 4 is 21.5 Å². The lowest BCUT2D eigenvalue weighted by Gasteiger charge is -2.10. The zero-order valence-corrected chi connectivity index (χ0v) is 9.25. The fraction of sp³-hybridized carbons (Fsp3) is 0. The summed E-state index contributed by atoms with van der Waals surface area (Å²) in [5.41, 5.74) is 0. The number of aromatic hydroxyl groups is 4. The Kier molecular flexibility index (Phi) is 2.01. The zero-order valence-electron chi connectivity index (χ0n) is 9.25. The van der Waals surface area contributed by atoms with Gasteiger partial charge in [-0.3, -0.25) is 0 Å². The van der Waals surface area contributed by atoms with Crippen LogP contribution in [-0.4, -0.2) is 20.4 Å². The molecule has 0 aromatic heterocycles. The Morgan fingerprint density at radius 1 is 0.667 bits per heavy atom. The normalized spacial score (nSPS) is 11.1. The van der Waals surface area contributed by atoms with Crippen molar-refractivity contribution in [3.63, 3.8) is 0 Å². The highest BCUT2D eigenvalue weighted by molar-refractivity contribution is 6.11. The van der Waals surface area contributed by atoms with Crippen molar-refractivity contribution in [2.75, 3.05) is 0 Å². The second kappa shape index (κ2) is 3.43. The number of fused-ring (bicyclic) bond motifs is 2. The summed E-state index contributed by atoms with van der Waals surface area (Å²) in [5.74, 6) is -0.502. The molecule has 18 heavy (non-hydrogen) atoms. The molecule has 4 heteroatoms. The summed E-state index contributed by atoms with van der Waals surface area (Å²) in [7, 11) is 0. The summed E-state index contributed by atoms with van der Waals surface area (Å²) in [5, 5.41) is 40.8. The molecular formula is C14H10O4. The van der Waals surface area contributed by atoms with E-state index in [0.29, 0.717) is 10.8 Å². The molecule has 0 saturated carbocycles. The first-order valence-electron chi connectivity index (χ1n) is 5.38. The molecule has 0 bridgehead atoms. The predicted octanol–water partition coefficient (Wildman–Crippen LogP) is 2.82. The third kappa shape index (κ3) is 1.26. The first-order chi connectivity index (χ1) is 8.59. The predicted molar refractivity (Wildman–Crippen MR) is 68.1 cm³/mol. The maximum Gasteiger partial charge on any atom is 0.138 e. The van der Waals surface area contributed by atoms with Crippen LogP contribution in [0.1, 0.15) is 0 Å². The molecule has 3 aromatic rings. The van der Waals surface area contributed by atoms with Gasteiger partial charge in [-0.05, 0) is 29.7 Å². The molecule has 0 saturated heterocycles. The van der Waals surface area contributed by atoms with E-state index < -0.39 is 0 Å². The third-order valence-electron chi connectivity index (χ3n) is 3.05. The molecule has 0 spiro atoms. The van der Waals surface area contributed by atoms with E-state index in [9.17, 15) is 20.4 Å². The molecule has 4 nitrogen and oxygen atoms in total. The van der Waals surface area contributed by atoms with Gasteiger partial charge in [0.25, 0.3) is 0 Å². The molecule has 0 aliphatic carbocycles. The van der Waals surface area contributed by atoms with Crippen molar-refractivity contribution in [1.82, 2.24) is 0 Å². The number of benzene rings is 3. The van der Waals surface area contributed by atoms with E-state index in [2.05, 4.69) is 0 Å². The average Bonchev–Trinajstić information content (AvgIpc) is 2.34. The third-order valence-corrected chi connectivity index (χ3v) is 3.05. The molecule has 0 aliphatic heterocycles. The molecule has 0 fully saturated rings. The van der Waals surface area contributed by atoms with Gasteiger partial charge in [0, 0.05) is 5.39 Å². The highest BCUT2D eigenvalue weighted by Crippen LogP contribution is 2.44. The molecule has 0 atom stereocenters. The highest BCUT2D eigenvalue weighted by Gasteiger charge is 2.15. The number of phenolic OH excluding ortho intramolecular Hbond substituents is 4.